The van der Waals surface area contributed by atoms with Crippen molar-refractivity contribution in [3.05, 3.63) is 0 Å². The van der Waals surface area contributed by atoms with Gasteiger partial charge in [-0.3, -0.25) is 0 Å². The molecule has 1 aliphatic heterocycles. The number of rotatable bonds is 6. The first kappa shape index (κ1) is 12.0. The second-order valence-electron chi connectivity index (χ2n) is 4.01. The number of aliphatic hydroxyl groups is 1. The molecule has 0 spiro atoms. The zero-order valence-corrected chi connectivity index (χ0v) is 9.08. The van der Waals surface area contributed by atoms with E-state index in [9.17, 15) is 0 Å². The number of ether oxygens (including phenoxy) is 2. The topological polar surface area (TPSA) is 38.7 Å². The summed E-state index contributed by atoms with van der Waals surface area (Å²) >= 11 is 0. The number of hydrogen-bond donors (Lipinski definition) is 1. The van der Waals surface area contributed by atoms with Gasteiger partial charge in [-0.1, -0.05) is 0 Å². The van der Waals surface area contributed by atoms with Crippen molar-refractivity contribution in [2.75, 3.05) is 13.2 Å². The van der Waals surface area contributed by atoms with Crippen LogP contribution < -0.4 is 0 Å². The van der Waals surface area contributed by atoms with Crippen molar-refractivity contribution < 1.29 is 14.6 Å². The Hall–Kier alpha value is -0.120. The van der Waals surface area contributed by atoms with E-state index in [0.29, 0.717) is 0 Å². The van der Waals surface area contributed by atoms with Crippen LogP contribution in [0.3, 0.4) is 0 Å². The van der Waals surface area contributed by atoms with Gasteiger partial charge in [-0.25, -0.2) is 0 Å². The van der Waals surface area contributed by atoms with E-state index < -0.39 is 0 Å². The molecule has 1 saturated heterocycles. The molecule has 0 aromatic rings. The minimum absolute atomic E-state index is 0.0373. The predicted octanol–water partition coefficient (Wildman–Crippen LogP) is 2.08. The van der Waals surface area contributed by atoms with Gasteiger partial charge in [-0.2, -0.15) is 0 Å². The molecule has 0 bridgehead atoms. The van der Waals surface area contributed by atoms with Crippen LogP contribution in [0.2, 0.25) is 0 Å². The van der Waals surface area contributed by atoms with Crippen molar-refractivity contribution in [1.29, 1.82) is 0 Å². The van der Waals surface area contributed by atoms with Gasteiger partial charge >= 0.3 is 0 Å². The van der Waals surface area contributed by atoms with Crippen LogP contribution in [0.5, 0.6) is 0 Å². The van der Waals surface area contributed by atoms with Crippen LogP contribution in [0, 0.1) is 0 Å². The summed E-state index contributed by atoms with van der Waals surface area (Å²) < 4.78 is 11.0. The van der Waals surface area contributed by atoms with Gasteiger partial charge in [0.15, 0.2) is 6.29 Å². The Labute approximate surface area is 86.4 Å². The lowest BCUT2D eigenvalue weighted by Crippen LogP contribution is -2.22. The van der Waals surface area contributed by atoms with Crippen molar-refractivity contribution in [1.82, 2.24) is 0 Å². The van der Waals surface area contributed by atoms with E-state index in [1.807, 2.05) is 6.92 Å². The fourth-order valence-corrected chi connectivity index (χ4v) is 1.60. The van der Waals surface area contributed by atoms with Crippen LogP contribution in [-0.2, 0) is 9.47 Å². The molecule has 1 N–H and O–H groups in total. The number of hydrogen-bond acceptors (Lipinski definition) is 3. The molecule has 1 aliphatic rings. The van der Waals surface area contributed by atoms with Crippen molar-refractivity contribution in [2.45, 2.75) is 57.8 Å². The SMILES string of the molecule is C[C@H](O)CCCCOC1CCCCO1. The Morgan fingerprint density at radius 3 is 2.93 bits per heavy atom. The van der Waals surface area contributed by atoms with Gasteiger partial charge in [0.05, 0.1) is 6.10 Å². The lowest BCUT2D eigenvalue weighted by Gasteiger charge is -2.22. The maximum atomic E-state index is 9.03. The number of unbranched alkanes of at least 4 members (excludes halogenated alkanes) is 1. The van der Waals surface area contributed by atoms with E-state index in [1.54, 1.807) is 0 Å². The molecule has 0 aromatic heterocycles. The van der Waals surface area contributed by atoms with E-state index in [2.05, 4.69) is 0 Å². The minimum atomic E-state index is -0.180. The van der Waals surface area contributed by atoms with Crippen molar-refractivity contribution in [3.63, 3.8) is 0 Å². The monoisotopic (exact) mass is 202 g/mol. The standard InChI is InChI=1S/C11H22O3/c1-10(12)6-2-4-8-13-11-7-3-5-9-14-11/h10-12H,2-9H2,1H3/t10-,11?/m0/s1. The highest BCUT2D eigenvalue weighted by atomic mass is 16.7. The van der Waals surface area contributed by atoms with Gasteiger partial charge < -0.3 is 14.6 Å². The highest BCUT2D eigenvalue weighted by molar-refractivity contribution is 4.54. The van der Waals surface area contributed by atoms with Crippen LogP contribution in [0.15, 0.2) is 0 Å². The molecule has 84 valence electrons. The maximum Gasteiger partial charge on any atom is 0.157 e. The molecule has 1 heterocycles. The zero-order valence-electron chi connectivity index (χ0n) is 9.08. The summed E-state index contributed by atoms with van der Waals surface area (Å²) in [5.41, 5.74) is 0. The molecule has 0 amide bonds. The summed E-state index contributed by atoms with van der Waals surface area (Å²) in [7, 11) is 0. The third kappa shape index (κ3) is 5.58. The molecule has 0 aliphatic carbocycles. The minimum Gasteiger partial charge on any atom is -0.393 e. The van der Waals surface area contributed by atoms with Gasteiger partial charge in [-0.05, 0) is 45.4 Å². The van der Waals surface area contributed by atoms with E-state index >= 15 is 0 Å². The quantitative estimate of drug-likeness (QED) is 0.670. The first-order chi connectivity index (χ1) is 6.79. The highest BCUT2D eigenvalue weighted by Crippen LogP contribution is 2.14. The Morgan fingerprint density at radius 2 is 2.29 bits per heavy atom. The molecular formula is C11H22O3. The summed E-state index contributed by atoms with van der Waals surface area (Å²) in [6, 6.07) is 0. The molecule has 1 unspecified atom stereocenters. The molecular weight excluding hydrogens is 180 g/mol. The van der Waals surface area contributed by atoms with Crippen molar-refractivity contribution >= 4 is 0 Å². The largest absolute Gasteiger partial charge is 0.393 e. The van der Waals surface area contributed by atoms with E-state index in [1.165, 1.54) is 12.8 Å². The average Bonchev–Trinajstić information content (AvgIpc) is 2.18. The third-order valence-corrected chi connectivity index (χ3v) is 2.46. The molecule has 0 aromatic carbocycles. The summed E-state index contributed by atoms with van der Waals surface area (Å²) in [5, 5.41) is 9.03. The summed E-state index contributed by atoms with van der Waals surface area (Å²) in [6.07, 6.45) is 6.21. The molecule has 3 nitrogen and oxygen atoms in total. The van der Waals surface area contributed by atoms with Crippen LogP contribution >= 0.6 is 0 Å². The predicted molar refractivity (Wildman–Crippen MR) is 55.1 cm³/mol. The van der Waals surface area contributed by atoms with Crippen molar-refractivity contribution in [2.24, 2.45) is 0 Å². The van der Waals surface area contributed by atoms with Gasteiger partial charge in [-0.15, -0.1) is 0 Å². The van der Waals surface area contributed by atoms with E-state index in [-0.39, 0.29) is 12.4 Å². The van der Waals surface area contributed by atoms with Gasteiger partial charge in [0.1, 0.15) is 0 Å². The Kier molecular flexibility index (Phi) is 6.15. The smallest absolute Gasteiger partial charge is 0.157 e. The summed E-state index contributed by atoms with van der Waals surface area (Å²) in [6.45, 7) is 3.43. The normalized spacial score (nSPS) is 24.9. The van der Waals surface area contributed by atoms with Crippen molar-refractivity contribution in [3.8, 4) is 0 Å². The second kappa shape index (κ2) is 7.21. The average molecular weight is 202 g/mol. The van der Waals surface area contributed by atoms with Crippen LogP contribution in [0.1, 0.15) is 45.4 Å². The lowest BCUT2D eigenvalue weighted by atomic mass is 10.2. The molecule has 0 radical (unpaired) electrons. The Morgan fingerprint density at radius 1 is 1.43 bits per heavy atom. The molecule has 2 atom stereocenters. The van der Waals surface area contributed by atoms with E-state index in [4.69, 9.17) is 14.6 Å². The summed E-state index contributed by atoms with van der Waals surface area (Å²) in [4.78, 5) is 0. The van der Waals surface area contributed by atoms with Crippen LogP contribution in [0.4, 0.5) is 0 Å². The molecule has 1 rings (SSSR count). The fraction of sp³-hybridized carbons (Fsp3) is 1.00. The van der Waals surface area contributed by atoms with Crippen LogP contribution in [-0.4, -0.2) is 30.7 Å². The Bertz CT molecular complexity index is 130. The van der Waals surface area contributed by atoms with E-state index in [0.717, 1.165) is 38.9 Å². The molecule has 3 heteroatoms. The lowest BCUT2D eigenvalue weighted by molar-refractivity contribution is -0.162. The second-order valence-corrected chi connectivity index (χ2v) is 4.01. The van der Waals surface area contributed by atoms with Gasteiger partial charge in [0, 0.05) is 13.2 Å². The first-order valence-electron chi connectivity index (χ1n) is 5.70. The maximum absolute atomic E-state index is 9.03. The first-order valence-corrected chi connectivity index (χ1v) is 5.70. The van der Waals surface area contributed by atoms with Gasteiger partial charge in [0.2, 0.25) is 0 Å². The molecule has 1 fully saturated rings. The summed E-state index contributed by atoms with van der Waals surface area (Å²) in [5.74, 6) is 0. The fourth-order valence-electron chi connectivity index (χ4n) is 1.60. The highest BCUT2D eigenvalue weighted by Gasteiger charge is 2.13. The molecule has 0 saturated carbocycles. The zero-order chi connectivity index (χ0) is 10.2. The third-order valence-electron chi connectivity index (χ3n) is 2.46. The number of aliphatic hydroxyl groups excluding tert-OH is 1. The van der Waals surface area contributed by atoms with Gasteiger partial charge in [0.25, 0.3) is 0 Å². The molecule has 14 heavy (non-hydrogen) atoms. The Balaban J connectivity index is 1.87. The van der Waals surface area contributed by atoms with Crippen LogP contribution in [0.25, 0.3) is 0 Å².